The van der Waals surface area contributed by atoms with Gasteiger partial charge in [0.05, 0.1) is 17.8 Å². The number of phenolic OH excluding ortho intramolecular Hbond substituents is 1. The number of oxazole rings is 1. The largest absolute Gasteiger partial charge is 0.507 e. The van der Waals surface area contributed by atoms with E-state index in [2.05, 4.69) is 46.4 Å². The number of anilines is 1. The van der Waals surface area contributed by atoms with Crippen LogP contribution in [0.15, 0.2) is 71.3 Å². The van der Waals surface area contributed by atoms with Crippen LogP contribution in [-0.4, -0.2) is 46.7 Å². The topological polar surface area (TPSA) is 81.8 Å². The highest BCUT2D eigenvalue weighted by Gasteiger charge is 2.28. The van der Waals surface area contributed by atoms with Crippen molar-refractivity contribution in [2.45, 2.75) is 32.9 Å². The third kappa shape index (κ3) is 4.54. The fourth-order valence-electron chi connectivity index (χ4n) is 4.90. The third-order valence-electron chi connectivity index (χ3n) is 6.74. The number of nitrogens with one attached hydrogen (secondary N) is 1. The number of piperazine rings is 1. The molecule has 4 aromatic rings. The van der Waals surface area contributed by atoms with Crippen LogP contribution in [-0.2, 0) is 0 Å². The molecule has 2 atom stereocenters. The van der Waals surface area contributed by atoms with Gasteiger partial charge in [0.1, 0.15) is 5.75 Å². The SMILES string of the molecule is Cc1ncc(-c2ccc(N3CCN(C(=O)N[C@@H](C)c4cccc5ccccc45)C[C@H]3C)cc2O)o1. The van der Waals surface area contributed by atoms with Crippen molar-refractivity contribution in [1.29, 1.82) is 0 Å². The van der Waals surface area contributed by atoms with Crippen molar-refractivity contribution in [3.05, 3.63) is 78.3 Å². The zero-order valence-electron chi connectivity index (χ0n) is 20.2. The molecule has 1 aliphatic heterocycles. The average Bonchev–Trinajstić information content (AvgIpc) is 3.29. The average molecular weight is 471 g/mol. The lowest BCUT2D eigenvalue weighted by atomic mass is 10.00. The summed E-state index contributed by atoms with van der Waals surface area (Å²) in [6.45, 7) is 7.77. The molecule has 0 unspecified atom stereocenters. The van der Waals surface area contributed by atoms with Gasteiger partial charge in [-0.2, -0.15) is 0 Å². The van der Waals surface area contributed by atoms with Gasteiger partial charge in [-0.05, 0) is 42.3 Å². The van der Waals surface area contributed by atoms with E-state index in [-0.39, 0.29) is 23.9 Å². The summed E-state index contributed by atoms with van der Waals surface area (Å²) < 4.78 is 5.55. The van der Waals surface area contributed by atoms with E-state index in [0.29, 0.717) is 36.8 Å². The van der Waals surface area contributed by atoms with Gasteiger partial charge in [-0.15, -0.1) is 0 Å². The molecule has 1 saturated heterocycles. The van der Waals surface area contributed by atoms with Crippen molar-refractivity contribution >= 4 is 22.5 Å². The highest BCUT2D eigenvalue weighted by molar-refractivity contribution is 5.86. The van der Waals surface area contributed by atoms with E-state index in [1.165, 1.54) is 5.39 Å². The molecule has 35 heavy (non-hydrogen) atoms. The maximum atomic E-state index is 13.1. The minimum atomic E-state index is -0.105. The summed E-state index contributed by atoms with van der Waals surface area (Å²) in [7, 11) is 0. The van der Waals surface area contributed by atoms with Crippen LogP contribution in [0.2, 0.25) is 0 Å². The number of hydrogen-bond donors (Lipinski definition) is 2. The number of phenols is 1. The van der Waals surface area contributed by atoms with Crippen LogP contribution in [0.1, 0.15) is 31.3 Å². The smallest absolute Gasteiger partial charge is 0.318 e. The van der Waals surface area contributed by atoms with Crippen LogP contribution >= 0.6 is 0 Å². The lowest BCUT2D eigenvalue weighted by molar-refractivity contribution is 0.183. The first-order chi connectivity index (χ1) is 16.9. The van der Waals surface area contributed by atoms with Crippen LogP contribution in [0.25, 0.3) is 22.1 Å². The van der Waals surface area contributed by atoms with E-state index in [9.17, 15) is 9.90 Å². The Hall–Kier alpha value is -4.00. The van der Waals surface area contributed by atoms with Crippen molar-refractivity contribution in [2.24, 2.45) is 0 Å². The molecule has 2 amide bonds. The number of benzene rings is 3. The monoisotopic (exact) mass is 470 g/mol. The van der Waals surface area contributed by atoms with E-state index in [1.54, 1.807) is 19.2 Å². The van der Waals surface area contributed by atoms with Gasteiger partial charge in [0.25, 0.3) is 0 Å². The number of nitrogens with zero attached hydrogens (tertiary/aromatic N) is 3. The van der Waals surface area contributed by atoms with E-state index < -0.39 is 0 Å². The fourth-order valence-corrected chi connectivity index (χ4v) is 4.90. The normalized spacial score (nSPS) is 16.9. The molecule has 0 saturated carbocycles. The van der Waals surface area contributed by atoms with Crippen molar-refractivity contribution in [1.82, 2.24) is 15.2 Å². The minimum absolute atomic E-state index is 0.0594. The van der Waals surface area contributed by atoms with Gasteiger partial charge >= 0.3 is 6.03 Å². The number of amides is 2. The summed E-state index contributed by atoms with van der Waals surface area (Å²) in [4.78, 5) is 21.3. The first kappa shape index (κ1) is 22.8. The van der Waals surface area contributed by atoms with Gasteiger partial charge in [-0.3, -0.25) is 0 Å². The third-order valence-corrected chi connectivity index (χ3v) is 6.74. The maximum absolute atomic E-state index is 13.1. The van der Waals surface area contributed by atoms with Gasteiger partial charge in [-0.1, -0.05) is 42.5 Å². The number of aromatic nitrogens is 1. The van der Waals surface area contributed by atoms with Gasteiger partial charge < -0.3 is 24.6 Å². The molecule has 1 fully saturated rings. The van der Waals surface area contributed by atoms with Crippen LogP contribution in [0, 0.1) is 6.92 Å². The zero-order chi connectivity index (χ0) is 24.5. The molecule has 2 N–H and O–H groups in total. The van der Waals surface area contributed by atoms with Crippen LogP contribution in [0.5, 0.6) is 5.75 Å². The Morgan fingerprint density at radius 2 is 1.94 bits per heavy atom. The number of aromatic hydroxyl groups is 1. The molecule has 7 nitrogen and oxygen atoms in total. The molecule has 3 aromatic carbocycles. The van der Waals surface area contributed by atoms with Crippen LogP contribution in [0.3, 0.4) is 0 Å². The Balaban J connectivity index is 1.25. The van der Waals surface area contributed by atoms with E-state index in [1.807, 2.05) is 42.2 Å². The van der Waals surface area contributed by atoms with E-state index >= 15 is 0 Å². The highest BCUT2D eigenvalue weighted by Crippen LogP contribution is 2.34. The Bertz CT molecular complexity index is 1360. The molecule has 1 aliphatic rings. The quantitative estimate of drug-likeness (QED) is 0.412. The summed E-state index contributed by atoms with van der Waals surface area (Å²) in [6, 6.07) is 19.9. The number of carbonyl (C=O) groups is 1. The van der Waals surface area contributed by atoms with Crippen molar-refractivity contribution < 1.29 is 14.3 Å². The predicted molar refractivity (Wildman–Crippen MR) is 138 cm³/mol. The molecular weight excluding hydrogens is 440 g/mol. The first-order valence-electron chi connectivity index (χ1n) is 12.0. The Labute approximate surface area is 205 Å². The zero-order valence-corrected chi connectivity index (χ0v) is 20.2. The summed E-state index contributed by atoms with van der Waals surface area (Å²) in [6.07, 6.45) is 1.61. The second-order valence-corrected chi connectivity index (χ2v) is 9.17. The molecule has 1 aromatic heterocycles. The fraction of sp³-hybridized carbons (Fsp3) is 0.286. The number of hydrogen-bond acceptors (Lipinski definition) is 5. The van der Waals surface area contributed by atoms with Gasteiger partial charge in [0.15, 0.2) is 11.7 Å². The molecule has 0 spiro atoms. The number of carbonyl (C=O) groups excluding carboxylic acids is 1. The van der Waals surface area contributed by atoms with Crippen molar-refractivity contribution in [3.8, 4) is 17.1 Å². The predicted octanol–water partition coefficient (Wildman–Crippen LogP) is 5.49. The van der Waals surface area contributed by atoms with Gasteiger partial charge in [0, 0.05) is 44.4 Å². The summed E-state index contributed by atoms with van der Waals surface area (Å²) in [5, 5.41) is 16.1. The molecule has 7 heteroatoms. The van der Waals surface area contributed by atoms with Gasteiger partial charge in [-0.25, -0.2) is 9.78 Å². The number of aryl methyl sites for hydroxylation is 1. The summed E-state index contributed by atoms with van der Waals surface area (Å²) in [5.41, 5.74) is 2.64. The van der Waals surface area contributed by atoms with Gasteiger partial charge in [0.2, 0.25) is 0 Å². The molecule has 0 radical (unpaired) electrons. The van der Waals surface area contributed by atoms with Crippen molar-refractivity contribution in [3.63, 3.8) is 0 Å². The lowest BCUT2D eigenvalue weighted by Crippen LogP contribution is -2.56. The lowest BCUT2D eigenvalue weighted by Gasteiger charge is -2.41. The maximum Gasteiger partial charge on any atom is 0.318 e. The Morgan fingerprint density at radius 3 is 2.69 bits per heavy atom. The van der Waals surface area contributed by atoms with E-state index in [0.717, 1.165) is 16.6 Å². The molecule has 0 bridgehead atoms. The second kappa shape index (κ2) is 9.33. The molecular formula is C28H30N4O3. The number of rotatable bonds is 4. The van der Waals surface area contributed by atoms with Crippen LogP contribution < -0.4 is 10.2 Å². The summed E-state index contributed by atoms with van der Waals surface area (Å²) in [5.74, 6) is 1.25. The minimum Gasteiger partial charge on any atom is -0.507 e. The molecule has 0 aliphatic carbocycles. The first-order valence-corrected chi connectivity index (χ1v) is 12.0. The summed E-state index contributed by atoms with van der Waals surface area (Å²) >= 11 is 0. The number of urea groups is 1. The van der Waals surface area contributed by atoms with Crippen LogP contribution in [0.4, 0.5) is 10.5 Å². The molecule has 5 rings (SSSR count). The Kier molecular flexibility index (Phi) is 6.07. The number of fused-ring (bicyclic) bond motifs is 1. The van der Waals surface area contributed by atoms with Crippen molar-refractivity contribution in [2.75, 3.05) is 24.5 Å². The highest BCUT2D eigenvalue weighted by atomic mass is 16.4. The standard InChI is InChI=1S/C28H30N4O3/c1-18-17-31(28(34)30-19(2)23-10-6-8-21-7-4-5-9-24(21)23)13-14-32(18)22-11-12-25(26(33)15-22)27-16-29-20(3)35-27/h4-12,15-16,18-19,33H,13-14,17H2,1-3H3,(H,30,34)/t18-,19+/m1/s1. The Morgan fingerprint density at radius 1 is 1.14 bits per heavy atom. The molecule has 180 valence electrons. The second-order valence-electron chi connectivity index (χ2n) is 9.17. The molecule has 2 heterocycles. The van der Waals surface area contributed by atoms with E-state index in [4.69, 9.17) is 4.42 Å².